The molecule has 2 nitrogen and oxygen atoms in total. The van der Waals surface area contributed by atoms with Gasteiger partial charge in [-0.3, -0.25) is 4.98 Å². The summed E-state index contributed by atoms with van der Waals surface area (Å²) >= 11 is 14.2. The Balaban J connectivity index is 1.86. The summed E-state index contributed by atoms with van der Waals surface area (Å²) < 4.78 is 1.20. The van der Waals surface area contributed by atoms with E-state index in [0.29, 0.717) is 11.6 Å². The van der Waals surface area contributed by atoms with Gasteiger partial charge in [-0.15, -0.1) is 11.3 Å². The van der Waals surface area contributed by atoms with Gasteiger partial charge in [0.15, 0.2) is 0 Å². The number of hydrogen-bond donors (Lipinski definition) is 1. The third-order valence-electron chi connectivity index (χ3n) is 2.81. The van der Waals surface area contributed by atoms with Crippen LogP contribution in [-0.4, -0.2) is 4.98 Å². The molecule has 0 fully saturated rings. The van der Waals surface area contributed by atoms with Crippen LogP contribution in [0, 0.1) is 0 Å². The third kappa shape index (κ3) is 2.54. The minimum absolute atomic E-state index is 0.642. The molecule has 0 unspecified atom stereocenters. The minimum atomic E-state index is 0.642. The first-order valence-electron chi connectivity index (χ1n) is 5.75. The zero-order valence-electron chi connectivity index (χ0n) is 9.86. The van der Waals surface area contributed by atoms with E-state index in [4.69, 9.17) is 23.2 Å². The van der Waals surface area contributed by atoms with Gasteiger partial charge in [-0.1, -0.05) is 41.4 Å². The average Bonchev–Trinajstić information content (AvgIpc) is 2.75. The molecule has 2 aromatic heterocycles. The number of pyridine rings is 1. The Bertz CT molecular complexity index is 724. The van der Waals surface area contributed by atoms with Crippen LogP contribution in [0.1, 0.15) is 4.88 Å². The largest absolute Gasteiger partial charge is 0.378 e. The van der Waals surface area contributed by atoms with Crippen LogP contribution in [0.2, 0.25) is 10.0 Å². The van der Waals surface area contributed by atoms with Crippen LogP contribution in [0.15, 0.2) is 42.7 Å². The van der Waals surface area contributed by atoms with E-state index < -0.39 is 0 Å². The van der Waals surface area contributed by atoms with E-state index in [1.165, 1.54) is 4.70 Å². The van der Waals surface area contributed by atoms with Gasteiger partial charge < -0.3 is 5.32 Å². The second kappa shape index (κ2) is 5.37. The molecule has 0 spiro atoms. The van der Waals surface area contributed by atoms with Crippen molar-refractivity contribution in [1.29, 1.82) is 0 Å². The Kier molecular flexibility index (Phi) is 3.60. The molecule has 0 saturated heterocycles. The van der Waals surface area contributed by atoms with Crippen molar-refractivity contribution in [3.63, 3.8) is 0 Å². The fraction of sp³-hybridized carbons (Fsp3) is 0.0714. The molecular weight excluding hydrogens is 299 g/mol. The van der Waals surface area contributed by atoms with E-state index >= 15 is 0 Å². The Morgan fingerprint density at radius 2 is 2.00 bits per heavy atom. The summed E-state index contributed by atoms with van der Waals surface area (Å²) in [5.74, 6) is 0. The summed E-state index contributed by atoms with van der Waals surface area (Å²) in [4.78, 5) is 5.15. The number of benzene rings is 1. The van der Waals surface area contributed by atoms with Crippen LogP contribution < -0.4 is 5.32 Å². The lowest BCUT2D eigenvalue weighted by Crippen LogP contribution is -1.98. The van der Waals surface area contributed by atoms with Gasteiger partial charge >= 0.3 is 0 Å². The smallest absolute Gasteiger partial charge is 0.0718 e. The summed E-state index contributed by atoms with van der Waals surface area (Å²) in [7, 11) is 0. The normalized spacial score (nSPS) is 10.8. The van der Waals surface area contributed by atoms with Gasteiger partial charge in [0.05, 0.1) is 28.5 Å². The third-order valence-corrected chi connectivity index (χ3v) is 4.85. The lowest BCUT2D eigenvalue weighted by atomic mass is 10.2. The van der Waals surface area contributed by atoms with Gasteiger partial charge in [0.2, 0.25) is 0 Å². The molecule has 0 amide bonds. The van der Waals surface area contributed by atoms with Crippen molar-refractivity contribution >= 4 is 50.3 Å². The fourth-order valence-corrected chi connectivity index (χ4v) is 3.47. The molecule has 0 aliphatic carbocycles. The number of fused-ring (bicyclic) bond motifs is 1. The molecule has 1 aromatic carbocycles. The number of rotatable bonds is 3. The van der Waals surface area contributed by atoms with Crippen LogP contribution >= 0.6 is 34.5 Å². The molecule has 0 saturated carbocycles. The fourth-order valence-electron chi connectivity index (χ4n) is 1.86. The Morgan fingerprint density at radius 1 is 1.16 bits per heavy atom. The number of nitrogens with zero attached hydrogens (tertiary/aromatic N) is 1. The maximum absolute atomic E-state index is 6.38. The van der Waals surface area contributed by atoms with Crippen LogP contribution in [-0.2, 0) is 6.54 Å². The molecule has 3 rings (SSSR count). The van der Waals surface area contributed by atoms with Crippen molar-refractivity contribution in [1.82, 2.24) is 4.98 Å². The zero-order valence-corrected chi connectivity index (χ0v) is 12.2. The maximum Gasteiger partial charge on any atom is 0.0718 e. The molecule has 1 N–H and O–H groups in total. The van der Waals surface area contributed by atoms with E-state index in [1.54, 1.807) is 29.8 Å². The maximum atomic E-state index is 6.38. The highest BCUT2D eigenvalue weighted by Crippen LogP contribution is 2.35. The molecule has 96 valence electrons. The molecule has 3 aromatic rings. The van der Waals surface area contributed by atoms with Crippen LogP contribution in [0.3, 0.4) is 0 Å². The highest BCUT2D eigenvalue weighted by molar-refractivity contribution is 7.19. The molecule has 0 aliphatic rings. The van der Waals surface area contributed by atoms with Crippen LogP contribution in [0.25, 0.3) is 10.1 Å². The molecule has 2 heterocycles. The monoisotopic (exact) mass is 308 g/mol. The predicted molar refractivity (Wildman–Crippen MR) is 83.4 cm³/mol. The van der Waals surface area contributed by atoms with Crippen molar-refractivity contribution < 1.29 is 0 Å². The van der Waals surface area contributed by atoms with Gasteiger partial charge in [-0.25, -0.2) is 0 Å². The Morgan fingerprint density at radius 3 is 2.79 bits per heavy atom. The second-order valence-corrected chi connectivity index (χ2v) is 5.97. The summed E-state index contributed by atoms with van der Waals surface area (Å²) in [6.45, 7) is 0.642. The van der Waals surface area contributed by atoms with Crippen molar-refractivity contribution in [2.45, 2.75) is 6.54 Å². The number of halogens is 2. The zero-order chi connectivity index (χ0) is 13.2. The summed E-state index contributed by atoms with van der Waals surface area (Å²) in [6, 6.07) is 9.89. The molecular formula is C14H10Cl2N2S. The van der Waals surface area contributed by atoms with Gasteiger partial charge in [0.1, 0.15) is 0 Å². The van der Waals surface area contributed by atoms with E-state index in [1.807, 2.05) is 18.2 Å². The van der Waals surface area contributed by atoms with Crippen molar-refractivity contribution in [3.05, 3.63) is 57.6 Å². The number of nitrogens with one attached hydrogen (secondary N) is 1. The molecule has 5 heteroatoms. The second-order valence-electron chi connectivity index (χ2n) is 4.04. The Hall–Kier alpha value is -1.29. The van der Waals surface area contributed by atoms with Gasteiger partial charge in [0, 0.05) is 21.2 Å². The van der Waals surface area contributed by atoms with E-state index in [2.05, 4.69) is 16.4 Å². The highest BCUT2D eigenvalue weighted by atomic mass is 35.5. The first-order valence-corrected chi connectivity index (χ1v) is 7.32. The van der Waals surface area contributed by atoms with E-state index in [-0.39, 0.29) is 0 Å². The summed E-state index contributed by atoms with van der Waals surface area (Å²) in [6.07, 6.45) is 3.38. The highest BCUT2D eigenvalue weighted by Gasteiger charge is 2.10. The summed E-state index contributed by atoms with van der Waals surface area (Å²) in [5.41, 5.74) is 0.817. The van der Waals surface area contributed by atoms with Crippen molar-refractivity contribution in [2.75, 3.05) is 5.32 Å². The summed E-state index contributed by atoms with van der Waals surface area (Å²) in [5, 5.41) is 5.84. The molecule has 19 heavy (non-hydrogen) atoms. The topological polar surface area (TPSA) is 24.9 Å². The Labute approximate surface area is 125 Å². The molecule has 0 radical (unpaired) electrons. The SMILES string of the molecule is Clc1ccncc1NCc1sc2ccccc2c1Cl. The first kappa shape index (κ1) is 12.7. The van der Waals surface area contributed by atoms with E-state index in [0.717, 1.165) is 21.0 Å². The number of hydrogen-bond acceptors (Lipinski definition) is 3. The number of aromatic nitrogens is 1. The first-order chi connectivity index (χ1) is 9.25. The van der Waals surface area contributed by atoms with E-state index in [9.17, 15) is 0 Å². The van der Waals surface area contributed by atoms with Crippen molar-refractivity contribution in [2.24, 2.45) is 0 Å². The van der Waals surface area contributed by atoms with Gasteiger partial charge in [0.25, 0.3) is 0 Å². The molecule has 0 bridgehead atoms. The number of thiophene rings is 1. The van der Waals surface area contributed by atoms with Crippen LogP contribution in [0.5, 0.6) is 0 Å². The van der Waals surface area contributed by atoms with Crippen molar-refractivity contribution in [3.8, 4) is 0 Å². The molecule has 0 aliphatic heterocycles. The lowest BCUT2D eigenvalue weighted by Gasteiger charge is -2.06. The minimum Gasteiger partial charge on any atom is -0.378 e. The predicted octanol–water partition coefficient (Wildman–Crippen LogP) is 5.22. The average molecular weight is 309 g/mol. The quantitative estimate of drug-likeness (QED) is 0.718. The van der Waals surface area contributed by atoms with Gasteiger partial charge in [-0.05, 0) is 12.1 Å². The van der Waals surface area contributed by atoms with Gasteiger partial charge in [-0.2, -0.15) is 0 Å². The van der Waals surface area contributed by atoms with Crippen LogP contribution in [0.4, 0.5) is 5.69 Å². The number of anilines is 1. The lowest BCUT2D eigenvalue weighted by molar-refractivity contribution is 1.17. The standard InChI is InChI=1S/C14H10Cl2N2S/c15-10-5-6-17-7-11(10)18-8-13-14(16)9-3-1-2-4-12(9)19-13/h1-7,18H,8H2. The molecule has 0 atom stereocenters.